The third kappa shape index (κ3) is 2.84. The number of nitrogens with one attached hydrogen (secondary N) is 1. The van der Waals surface area contributed by atoms with E-state index in [-0.39, 0.29) is 23.0 Å². The van der Waals surface area contributed by atoms with Gasteiger partial charge in [0.05, 0.1) is 18.7 Å². The zero-order chi connectivity index (χ0) is 21.0. The molecular weight excluding hydrogens is 376 g/mol. The number of benzene rings is 2. The second kappa shape index (κ2) is 6.59. The van der Waals surface area contributed by atoms with Gasteiger partial charge in [-0.15, -0.1) is 0 Å². The number of Topliss-reactive ketones (excluding diaryl/α,β-unsaturated/α-hetero) is 1. The highest BCUT2D eigenvalue weighted by atomic mass is 16.5. The third-order valence-corrected chi connectivity index (χ3v) is 6.13. The standard InChI is InChI=1S/C25H24N2O3/c1-25(2)12-16-22-15-5-4-10-26-17(15)7-8-18(22)27-24(23(16)20(29)13-25)14-6-9-19(28)21(11-14)30-3/h4-11,24,27-28H,12-13H2,1-3H3. The molecule has 0 bridgehead atoms. The summed E-state index contributed by atoms with van der Waals surface area (Å²) >= 11 is 0. The van der Waals surface area contributed by atoms with Crippen LogP contribution in [0.2, 0.25) is 0 Å². The lowest BCUT2D eigenvalue weighted by atomic mass is 9.68. The second-order valence-electron chi connectivity index (χ2n) is 8.90. The van der Waals surface area contributed by atoms with E-state index < -0.39 is 0 Å². The normalized spacial score (nSPS) is 19.8. The molecule has 0 saturated heterocycles. The van der Waals surface area contributed by atoms with Crippen molar-refractivity contribution in [3.05, 3.63) is 65.4 Å². The molecule has 1 aliphatic carbocycles. The second-order valence-corrected chi connectivity index (χ2v) is 8.90. The minimum Gasteiger partial charge on any atom is -0.504 e. The highest BCUT2D eigenvalue weighted by molar-refractivity contribution is 6.12. The van der Waals surface area contributed by atoms with E-state index in [1.165, 1.54) is 7.11 Å². The quantitative estimate of drug-likeness (QED) is 0.614. The molecule has 1 atom stereocenters. The van der Waals surface area contributed by atoms with Crippen molar-refractivity contribution >= 4 is 27.9 Å². The lowest BCUT2D eigenvalue weighted by Gasteiger charge is -2.40. The van der Waals surface area contributed by atoms with Crippen molar-refractivity contribution < 1.29 is 14.6 Å². The van der Waals surface area contributed by atoms with E-state index in [1.54, 1.807) is 18.3 Å². The predicted molar refractivity (Wildman–Crippen MR) is 118 cm³/mol. The van der Waals surface area contributed by atoms with Gasteiger partial charge in [-0.25, -0.2) is 0 Å². The molecule has 5 rings (SSSR count). The first-order valence-corrected chi connectivity index (χ1v) is 10.2. The number of methoxy groups -OCH3 is 1. The summed E-state index contributed by atoms with van der Waals surface area (Å²) in [4.78, 5) is 17.9. The van der Waals surface area contributed by atoms with E-state index in [4.69, 9.17) is 4.74 Å². The molecule has 2 aromatic carbocycles. The summed E-state index contributed by atoms with van der Waals surface area (Å²) in [7, 11) is 1.53. The van der Waals surface area contributed by atoms with Crippen LogP contribution in [0.1, 0.15) is 43.9 Å². The predicted octanol–water partition coefficient (Wildman–Crippen LogP) is 5.26. The Morgan fingerprint density at radius 3 is 2.80 bits per heavy atom. The topological polar surface area (TPSA) is 71.5 Å². The van der Waals surface area contributed by atoms with Gasteiger partial charge in [-0.1, -0.05) is 26.0 Å². The molecule has 1 aromatic heterocycles. The van der Waals surface area contributed by atoms with Crippen molar-refractivity contribution in [2.75, 3.05) is 12.4 Å². The molecule has 152 valence electrons. The van der Waals surface area contributed by atoms with Gasteiger partial charge in [0.25, 0.3) is 0 Å². The number of hydrogen-bond donors (Lipinski definition) is 2. The van der Waals surface area contributed by atoms with Crippen molar-refractivity contribution in [1.29, 1.82) is 0 Å². The van der Waals surface area contributed by atoms with Crippen LogP contribution in [-0.4, -0.2) is 23.0 Å². The van der Waals surface area contributed by atoms with Crippen molar-refractivity contribution in [2.24, 2.45) is 5.41 Å². The molecule has 0 saturated carbocycles. The number of carbonyl (C=O) groups excluding carboxylic acids is 1. The molecule has 2 aliphatic rings. The van der Waals surface area contributed by atoms with Crippen molar-refractivity contribution in [2.45, 2.75) is 32.7 Å². The number of allylic oxidation sites excluding steroid dienone is 1. The molecule has 0 spiro atoms. The fourth-order valence-electron chi connectivity index (χ4n) is 4.84. The summed E-state index contributed by atoms with van der Waals surface area (Å²) in [5.41, 5.74) is 5.70. The minimum atomic E-state index is -0.292. The molecule has 2 N–H and O–H groups in total. The van der Waals surface area contributed by atoms with Crippen LogP contribution in [0, 0.1) is 5.41 Å². The number of anilines is 1. The lowest BCUT2D eigenvalue weighted by molar-refractivity contribution is -0.118. The number of nitrogens with zero attached hydrogens (tertiary/aromatic N) is 1. The van der Waals surface area contributed by atoms with Gasteiger partial charge in [-0.05, 0) is 53.3 Å². The summed E-state index contributed by atoms with van der Waals surface area (Å²) in [6.45, 7) is 4.30. The molecule has 1 unspecified atom stereocenters. The molecule has 5 nitrogen and oxygen atoms in total. The molecule has 0 radical (unpaired) electrons. The van der Waals surface area contributed by atoms with Gasteiger partial charge in [0, 0.05) is 34.8 Å². The van der Waals surface area contributed by atoms with Gasteiger partial charge in [-0.3, -0.25) is 9.78 Å². The molecule has 3 aromatic rings. The van der Waals surface area contributed by atoms with E-state index in [2.05, 4.69) is 30.2 Å². The number of hydrogen-bond acceptors (Lipinski definition) is 5. The Balaban J connectivity index is 1.78. The zero-order valence-electron chi connectivity index (χ0n) is 17.3. The Bertz CT molecular complexity index is 1230. The Labute approximate surface area is 175 Å². The van der Waals surface area contributed by atoms with E-state index in [9.17, 15) is 9.90 Å². The summed E-state index contributed by atoms with van der Waals surface area (Å²) < 4.78 is 5.31. The van der Waals surface area contributed by atoms with Crippen molar-refractivity contribution in [3.8, 4) is 11.5 Å². The van der Waals surface area contributed by atoms with Crippen LogP contribution in [0.5, 0.6) is 11.5 Å². The van der Waals surface area contributed by atoms with Crippen molar-refractivity contribution in [3.63, 3.8) is 0 Å². The molecule has 2 heterocycles. The highest BCUT2D eigenvalue weighted by Crippen LogP contribution is 2.52. The van der Waals surface area contributed by atoms with Crippen LogP contribution in [-0.2, 0) is 4.79 Å². The molecule has 5 heteroatoms. The monoisotopic (exact) mass is 400 g/mol. The van der Waals surface area contributed by atoms with Gasteiger partial charge < -0.3 is 15.2 Å². The van der Waals surface area contributed by atoms with E-state index in [1.807, 2.05) is 24.3 Å². The number of ether oxygens (including phenoxy) is 1. The molecule has 1 aliphatic heterocycles. The number of rotatable bonds is 2. The molecule has 0 amide bonds. The number of ketones is 1. The maximum atomic E-state index is 13.4. The fraction of sp³-hybridized carbons (Fsp3) is 0.280. The third-order valence-electron chi connectivity index (χ3n) is 6.13. The van der Waals surface area contributed by atoms with Gasteiger partial charge in [0.2, 0.25) is 0 Å². The van der Waals surface area contributed by atoms with Crippen molar-refractivity contribution in [1.82, 2.24) is 4.98 Å². The molecular formula is C25H24N2O3. The van der Waals surface area contributed by atoms with Gasteiger partial charge >= 0.3 is 0 Å². The molecule has 0 fully saturated rings. The van der Waals surface area contributed by atoms with Crippen LogP contribution < -0.4 is 10.1 Å². The highest BCUT2D eigenvalue weighted by Gasteiger charge is 2.41. The Morgan fingerprint density at radius 2 is 2.00 bits per heavy atom. The summed E-state index contributed by atoms with van der Waals surface area (Å²) in [5.74, 6) is 0.644. The fourth-order valence-corrected chi connectivity index (χ4v) is 4.84. The lowest BCUT2D eigenvalue weighted by Crippen LogP contribution is -2.33. The number of pyridine rings is 1. The number of aromatic nitrogens is 1. The largest absolute Gasteiger partial charge is 0.504 e. The number of phenols is 1. The first-order valence-electron chi connectivity index (χ1n) is 10.2. The summed E-state index contributed by atoms with van der Waals surface area (Å²) in [6.07, 6.45) is 3.13. The maximum absolute atomic E-state index is 13.4. The van der Waals surface area contributed by atoms with E-state index >= 15 is 0 Å². The van der Waals surface area contributed by atoms with E-state index in [0.717, 1.165) is 45.3 Å². The zero-order valence-corrected chi connectivity index (χ0v) is 17.3. The van der Waals surface area contributed by atoms with Crippen LogP contribution in [0.15, 0.2) is 54.2 Å². The Hall–Kier alpha value is -3.34. The maximum Gasteiger partial charge on any atom is 0.162 e. The number of phenolic OH excluding ortho intramolecular Hbond substituents is 1. The Morgan fingerprint density at radius 1 is 1.17 bits per heavy atom. The first-order chi connectivity index (χ1) is 14.4. The summed E-state index contributed by atoms with van der Waals surface area (Å²) in [5, 5.41) is 14.7. The number of fused-ring (bicyclic) bond motifs is 4. The summed E-state index contributed by atoms with van der Waals surface area (Å²) in [6, 6.07) is 13.0. The van der Waals surface area contributed by atoms with Crippen LogP contribution in [0.25, 0.3) is 16.5 Å². The Kier molecular flexibility index (Phi) is 4.10. The van der Waals surface area contributed by atoms with Gasteiger partial charge in [0.15, 0.2) is 17.3 Å². The minimum absolute atomic E-state index is 0.0832. The van der Waals surface area contributed by atoms with Crippen LogP contribution in [0.3, 0.4) is 0 Å². The van der Waals surface area contributed by atoms with Gasteiger partial charge in [-0.2, -0.15) is 0 Å². The van der Waals surface area contributed by atoms with Gasteiger partial charge in [0.1, 0.15) is 0 Å². The average Bonchev–Trinajstić information content (AvgIpc) is 2.72. The SMILES string of the molecule is COc1cc(C2Nc3ccc4ncccc4c3C3=C2C(=O)CC(C)(C)C3)ccc1O. The number of carbonyl (C=O) groups is 1. The number of aromatic hydroxyl groups is 1. The smallest absolute Gasteiger partial charge is 0.162 e. The van der Waals surface area contributed by atoms with Crippen LogP contribution in [0.4, 0.5) is 5.69 Å². The van der Waals surface area contributed by atoms with E-state index in [0.29, 0.717) is 12.2 Å². The average molecular weight is 400 g/mol. The molecule has 30 heavy (non-hydrogen) atoms. The first kappa shape index (κ1) is 18.7. The van der Waals surface area contributed by atoms with Crippen LogP contribution >= 0.6 is 0 Å².